The molecule has 0 aromatic carbocycles. The van der Waals surface area contributed by atoms with Crippen LogP contribution in [-0.2, 0) is 28.6 Å². The Kier molecular flexibility index (Phi) is 54.8. The van der Waals surface area contributed by atoms with Crippen LogP contribution in [0.25, 0.3) is 0 Å². The van der Waals surface area contributed by atoms with Gasteiger partial charge in [0.1, 0.15) is 13.2 Å². The summed E-state index contributed by atoms with van der Waals surface area (Å²) in [5.74, 6) is -0.916. The maximum Gasteiger partial charge on any atom is 0.306 e. The third-order valence-electron chi connectivity index (χ3n) is 12.7. The van der Waals surface area contributed by atoms with Crippen LogP contribution in [0.5, 0.6) is 0 Å². The summed E-state index contributed by atoms with van der Waals surface area (Å²) in [6.07, 6.45) is 73.1. The van der Waals surface area contributed by atoms with E-state index < -0.39 is 6.10 Å². The molecule has 1 atom stereocenters. The number of hydrogen-bond donors (Lipinski definition) is 0. The molecule has 0 fully saturated rings. The van der Waals surface area contributed by atoms with Crippen LogP contribution in [0.15, 0.2) is 72.9 Å². The van der Waals surface area contributed by atoms with E-state index in [2.05, 4.69) is 93.7 Å². The zero-order valence-electron chi connectivity index (χ0n) is 45.6. The summed E-state index contributed by atoms with van der Waals surface area (Å²) in [6, 6.07) is 0. The lowest BCUT2D eigenvalue weighted by Crippen LogP contribution is -2.30. The maximum absolute atomic E-state index is 12.9. The first kappa shape index (κ1) is 65.8. The molecule has 0 saturated heterocycles. The number of ether oxygens (including phenoxy) is 3. The van der Waals surface area contributed by atoms with Gasteiger partial charge in [0.25, 0.3) is 0 Å². The van der Waals surface area contributed by atoms with E-state index in [1.165, 1.54) is 154 Å². The van der Waals surface area contributed by atoms with Crippen LogP contribution < -0.4 is 0 Å². The largest absolute Gasteiger partial charge is 0.462 e. The molecule has 0 unspecified atom stereocenters. The van der Waals surface area contributed by atoms with Crippen LogP contribution in [-0.4, -0.2) is 37.2 Å². The minimum Gasteiger partial charge on any atom is -0.462 e. The zero-order valence-corrected chi connectivity index (χ0v) is 45.6. The highest BCUT2D eigenvalue weighted by molar-refractivity contribution is 5.71. The number of esters is 3. The number of hydrogen-bond acceptors (Lipinski definition) is 6. The van der Waals surface area contributed by atoms with Crippen LogP contribution in [0.2, 0.25) is 0 Å². The Balaban J connectivity index is 4.44. The van der Waals surface area contributed by atoms with Gasteiger partial charge in [0.2, 0.25) is 0 Å². The Hall–Kier alpha value is -3.15. The van der Waals surface area contributed by atoms with E-state index in [1.54, 1.807) is 0 Å². The molecule has 0 saturated carbocycles. The highest BCUT2D eigenvalue weighted by Gasteiger charge is 2.19. The third kappa shape index (κ3) is 55.6. The van der Waals surface area contributed by atoms with Gasteiger partial charge >= 0.3 is 17.9 Å². The molecule has 0 rings (SSSR count). The van der Waals surface area contributed by atoms with Crippen molar-refractivity contribution in [1.29, 1.82) is 0 Å². The highest BCUT2D eigenvalue weighted by atomic mass is 16.6. The fourth-order valence-corrected chi connectivity index (χ4v) is 8.22. The van der Waals surface area contributed by atoms with Crippen LogP contribution in [0.4, 0.5) is 0 Å². The second-order valence-electron chi connectivity index (χ2n) is 19.6. The van der Waals surface area contributed by atoms with E-state index in [4.69, 9.17) is 14.2 Å². The molecular formula is C63H110O6. The summed E-state index contributed by atoms with van der Waals surface area (Å²) in [4.78, 5) is 38.2. The number of rotatable bonds is 53. The molecule has 0 aromatic heterocycles. The normalized spacial score (nSPS) is 12.6. The first-order chi connectivity index (χ1) is 34.0. The van der Waals surface area contributed by atoms with E-state index in [0.29, 0.717) is 19.3 Å². The van der Waals surface area contributed by atoms with Crippen molar-refractivity contribution in [3.63, 3.8) is 0 Å². The first-order valence-corrected chi connectivity index (χ1v) is 29.4. The monoisotopic (exact) mass is 963 g/mol. The number of carbonyl (C=O) groups excluding carboxylic acids is 3. The average molecular weight is 964 g/mol. The first-order valence-electron chi connectivity index (χ1n) is 29.4. The molecule has 0 aliphatic rings. The third-order valence-corrected chi connectivity index (χ3v) is 12.7. The molecule has 0 aliphatic heterocycles. The van der Waals surface area contributed by atoms with E-state index in [9.17, 15) is 14.4 Å². The molecule has 0 aromatic rings. The van der Waals surface area contributed by atoms with E-state index in [0.717, 1.165) is 96.3 Å². The second-order valence-corrected chi connectivity index (χ2v) is 19.6. The lowest BCUT2D eigenvalue weighted by Gasteiger charge is -2.18. The van der Waals surface area contributed by atoms with E-state index >= 15 is 0 Å². The standard InChI is InChI=1S/C63H110O6/c1-4-7-10-13-16-19-22-25-28-30-31-33-35-38-41-44-47-50-53-56-62(65)68-59-60(58-67-61(64)55-52-49-46-43-40-37-34-27-24-21-18-15-12-9-6-3)69-63(66)57-54-51-48-45-42-39-36-32-29-26-23-20-17-14-11-8-5-2/h16-17,19-20,25-26,28-29,31,33,38,41,60H,4-15,18,21-24,27,30,32,34-37,39-40,42-59H2,1-3H3/b19-16-,20-17-,28-25-,29-26-,33-31-,41-38-/t60-/m0/s1. The lowest BCUT2D eigenvalue weighted by molar-refractivity contribution is -0.167. The van der Waals surface area contributed by atoms with E-state index in [1.807, 2.05) is 0 Å². The van der Waals surface area contributed by atoms with E-state index in [-0.39, 0.29) is 31.1 Å². The minimum atomic E-state index is -0.792. The summed E-state index contributed by atoms with van der Waals surface area (Å²) in [6.45, 7) is 6.58. The smallest absolute Gasteiger partial charge is 0.306 e. The molecule has 0 N–H and O–H groups in total. The summed E-state index contributed by atoms with van der Waals surface area (Å²) in [5, 5.41) is 0. The van der Waals surface area contributed by atoms with Crippen molar-refractivity contribution in [2.75, 3.05) is 13.2 Å². The van der Waals surface area contributed by atoms with Crippen molar-refractivity contribution in [2.45, 2.75) is 297 Å². The van der Waals surface area contributed by atoms with Gasteiger partial charge in [-0.1, -0.05) is 248 Å². The van der Waals surface area contributed by atoms with Crippen molar-refractivity contribution in [1.82, 2.24) is 0 Å². The fourth-order valence-electron chi connectivity index (χ4n) is 8.22. The minimum absolute atomic E-state index is 0.0867. The summed E-state index contributed by atoms with van der Waals surface area (Å²) < 4.78 is 16.9. The molecule has 0 heterocycles. The van der Waals surface area contributed by atoms with Crippen molar-refractivity contribution < 1.29 is 28.6 Å². The number of carbonyl (C=O) groups is 3. The predicted molar refractivity (Wildman–Crippen MR) is 298 cm³/mol. The Bertz CT molecular complexity index is 1290. The van der Waals surface area contributed by atoms with Crippen LogP contribution >= 0.6 is 0 Å². The molecule has 0 aliphatic carbocycles. The van der Waals surface area contributed by atoms with Crippen LogP contribution in [0.1, 0.15) is 290 Å². The quantitative estimate of drug-likeness (QED) is 0.0262. The average Bonchev–Trinajstić information content (AvgIpc) is 3.35. The van der Waals surface area contributed by atoms with Gasteiger partial charge in [-0.15, -0.1) is 0 Å². The predicted octanol–water partition coefficient (Wildman–Crippen LogP) is 19.8. The molecular weight excluding hydrogens is 853 g/mol. The maximum atomic E-state index is 12.9. The molecule has 0 spiro atoms. The molecule has 69 heavy (non-hydrogen) atoms. The van der Waals surface area contributed by atoms with Gasteiger partial charge in [-0.05, 0) is 96.3 Å². The van der Waals surface area contributed by atoms with Gasteiger partial charge in [-0.2, -0.15) is 0 Å². The second kappa shape index (κ2) is 57.4. The highest BCUT2D eigenvalue weighted by Crippen LogP contribution is 2.16. The van der Waals surface area contributed by atoms with Crippen LogP contribution in [0, 0.1) is 0 Å². The molecule has 6 nitrogen and oxygen atoms in total. The van der Waals surface area contributed by atoms with Gasteiger partial charge in [-0.3, -0.25) is 14.4 Å². The zero-order chi connectivity index (χ0) is 50.0. The lowest BCUT2D eigenvalue weighted by atomic mass is 10.0. The number of allylic oxidation sites excluding steroid dienone is 12. The summed E-state index contributed by atoms with van der Waals surface area (Å²) >= 11 is 0. The SMILES string of the molecule is CCCCC/C=C\C/C=C\C/C=C\C/C=C\CCCCCC(=O)OC[C@H](COC(=O)CCCCCCCCCCCCCCCCC)OC(=O)CCCCCCCCC/C=C\C/C=C\CCCCC. The molecule has 0 bridgehead atoms. The Morgan fingerprint density at radius 1 is 0.290 bits per heavy atom. The molecule has 6 heteroatoms. The van der Waals surface area contributed by atoms with Gasteiger partial charge < -0.3 is 14.2 Å². The van der Waals surface area contributed by atoms with Crippen molar-refractivity contribution in [3.8, 4) is 0 Å². The van der Waals surface area contributed by atoms with Gasteiger partial charge in [0.15, 0.2) is 6.10 Å². The topological polar surface area (TPSA) is 78.9 Å². The fraction of sp³-hybridized carbons (Fsp3) is 0.762. The van der Waals surface area contributed by atoms with Gasteiger partial charge in [0, 0.05) is 19.3 Å². The molecule has 0 amide bonds. The number of unbranched alkanes of at least 4 members (excludes halogenated alkanes) is 30. The Morgan fingerprint density at radius 2 is 0.522 bits per heavy atom. The van der Waals surface area contributed by atoms with Gasteiger partial charge in [-0.25, -0.2) is 0 Å². The molecule has 0 radical (unpaired) electrons. The Labute approximate surface area is 427 Å². The summed E-state index contributed by atoms with van der Waals surface area (Å²) in [7, 11) is 0. The molecule has 398 valence electrons. The van der Waals surface area contributed by atoms with Gasteiger partial charge in [0.05, 0.1) is 0 Å². The van der Waals surface area contributed by atoms with Crippen molar-refractivity contribution in [3.05, 3.63) is 72.9 Å². The van der Waals surface area contributed by atoms with Crippen LogP contribution in [0.3, 0.4) is 0 Å². The Morgan fingerprint density at radius 3 is 0.855 bits per heavy atom. The van der Waals surface area contributed by atoms with Crippen molar-refractivity contribution >= 4 is 17.9 Å². The summed E-state index contributed by atoms with van der Waals surface area (Å²) in [5.41, 5.74) is 0. The van der Waals surface area contributed by atoms with Crippen molar-refractivity contribution in [2.24, 2.45) is 0 Å².